The number of amides is 3. The normalized spacial score (nSPS) is 18.7. The molecular weight excluding hydrogens is 470 g/mol. The van der Waals surface area contributed by atoms with Gasteiger partial charge in [-0.25, -0.2) is 0 Å². The lowest BCUT2D eigenvalue weighted by Gasteiger charge is -2.19. The molecule has 0 aliphatic carbocycles. The topological polar surface area (TPSA) is 69.7 Å². The molecule has 6 nitrogen and oxygen atoms in total. The Morgan fingerprint density at radius 2 is 1.83 bits per heavy atom. The second-order valence-corrected chi connectivity index (χ2v) is 8.84. The van der Waals surface area contributed by atoms with Crippen LogP contribution >= 0.6 is 27.5 Å². The number of nitrogens with one attached hydrogen (secondary N) is 1. The number of anilines is 2. The molecule has 156 valence electrons. The lowest BCUT2D eigenvalue weighted by atomic mass is 10.1. The second-order valence-electron chi connectivity index (χ2n) is 7.49. The zero-order valence-corrected chi connectivity index (χ0v) is 18.6. The van der Waals surface area contributed by atoms with Crippen LogP contribution in [0.2, 0.25) is 5.02 Å². The highest BCUT2D eigenvalue weighted by Gasteiger charge is 2.38. The molecule has 2 aromatic rings. The van der Waals surface area contributed by atoms with E-state index in [2.05, 4.69) is 21.2 Å². The third kappa shape index (κ3) is 4.23. The van der Waals surface area contributed by atoms with E-state index in [4.69, 9.17) is 11.6 Å². The van der Waals surface area contributed by atoms with Crippen LogP contribution in [0.15, 0.2) is 46.9 Å². The van der Waals surface area contributed by atoms with Gasteiger partial charge < -0.3 is 15.1 Å². The van der Waals surface area contributed by atoms with E-state index in [1.807, 2.05) is 24.3 Å². The van der Waals surface area contributed by atoms with Crippen LogP contribution < -0.4 is 10.2 Å². The molecule has 1 N–H and O–H groups in total. The van der Waals surface area contributed by atoms with E-state index in [1.165, 1.54) is 0 Å². The highest BCUT2D eigenvalue weighted by Crippen LogP contribution is 2.29. The average Bonchev–Trinajstić information content (AvgIpc) is 3.39. The molecule has 30 heavy (non-hydrogen) atoms. The molecule has 2 fully saturated rings. The summed E-state index contributed by atoms with van der Waals surface area (Å²) >= 11 is 9.51. The number of carbonyl (C=O) groups is 3. The Bertz CT molecular complexity index is 1010. The largest absolute Gasteiger partial charge is 0.339 e. The molecule has 2 saturated heterocycles. The van der Waals surface area contributed by atoms with Gasteiger partial charge in [0.15, 0.2) is 0 Å². The predicted molar refractivity (Wildman–Crippen MR) is 120 cm³/mol. The fourth-order valence-corrected chi connectivity index (χ4v) is 4.50. The van der Waals surface area contributed by atoms with Gasteiger partial charge in [0.25, 0.3) is 5.91 Å². The van der Waals surface area contributed by atoms with Crippen molar-refractivity contribution in [1.29, 1.82) is 0 Å². The van der Waals surface area contributed by atoms with Gasteiger partial charge in [0.05, 0.1) is 11.3 Å². The number of hydrogen-bond donors (Lipinski definition) is 1. The van der Waals surface area contributed by atoms with Crippen LogP contribution in [0.25, 0.3) is 0 Å². The molecule has 0 spiro atoms. The summed E-state index contributed by atoms with van der Waals surface area (Å²) in [5.74, 6) is -1.60. The monoisotopic (exact) mass is 489 g/mol. The maximum absolute atomic E-state index is 12.9. The highest BCUT2D eigenvalue weighted by atomic mass is 79.9. The van der Waals surface area contributed by atoms with Crippen LogP contribution in [0.1, 0.15) is 29.6 Å². The zero-order chi connectivity index (χ0) is 21.3. The second kappa shape index (κ2) is 8.78. The van der Waals surface area contributed by atoms with Crippen LogP contribution in [0.5, 0.6) is 0 Å². The average molecular weight is 491 g/mol. The first kappa shape index (κ1) is 20.9. The van der Waals surface area contributed by atoms with Crippen molar-refractivity contribution in [2.75, 3.05) is 29.9 Å². The standard InChI is InChI=1S/C22H21BrClN3O3/c23-14-4-3-5-16(12-14)27-11-8-17(22(27)30)20(28)25-19-7-6-15(24)13-18(19)21(29)26-9-1-2-10-26/h3-7,12-13,17H,1-2,8-11H2,(H,25,28). The molecule has 0 saturated carbocycles. The Morgan fingerprint density at radius 1 is 1.07 bits per heavy atom. The lowest BCUT2D eigenvalue weighted by Crippen LogP contribution is -2.34. The fourth-order valence-electron chi connectivity index (χ4n) is 3.94. The molecule has 2 aromatic carbocycles. The summed E-state index contributed by atoms with van der Waals surface area (Å²) in [5, 5.41) is 3.22. The minimum Gasteiger partial charge on any atom is -0.339 e. The van der Waals surface area contributed by atoms with Gasteiger partial charge in [0.2, 0.25) is 11.8 Å². The molecular formula is C22H21BrClN3O3. The van der Waals surface area contributed by atoms with Crippen molar-refractivity contribution >= 4 is 56.6 Å². The number of carbonyl (C=O) groups excluding carboxylic acids is 3. The summed E-state index contributed by atoms with van der Waals surface area (Å²) in [6, 6.07) is 12.2. The van der Waals surface area contributed by atoms with Gasteiger partial charge in [0, 0.05) is 34.8 Å². The van der Waals surface area contributed by atoms with Crippen LogP contribution in [-0.2, 0) is 9.59 Å². The maximum Gasteiger partial charge on any atom is 0.256 e. The zero-order valence-electron chi connectivity index (χ0n) is 16.2. The molecule has 2 aliphatic rings. The molecule has 1 atom stereocenters. The third-order valence-electron chi connectivity index (χ3n) is 5.51. The number of hydrogen-bond acceptors (Lipinski definition) is 3. The molecule has 0 bridgehead atoms. The van der Waals surface area contributed by atoms with Crippen molar-refractivity contribution in [2.45, 2.75) is 19.3 Å². The summed E-state index contributed by atoms with van der Waals surface area (Å²) in [6.45, 7) is 1.86. The minimum absolute atomic E-state index is 0.154. The number of benzene rings is 2. The van der Waals surface area contributed by atoms with Crippen molar-refractivity contribution in [3.05, 3.63) is 57.5 Å². The summed E-state index contributed by atoms with van der Waals surface area (Å²) in [7, 11) is 0. The number of likely N-dealkylation sites (tertiary alicyclic amines) is 1. The molecule has 2 heterocycles. The summed E-state index contributed by atoms with van der Waals surface area (Å²) in [5.41, 5.74) is 1.49. The van der Waals surface area contributed by atoms with Crippen molar-refractivity contribution < 1.29 is 14.4 Å². The highest BCUT2D eigenvalue weighted by molar-refractivity contribution is 9.10. The molecule has 0 radical (unpaired) electrons. The number of rotatable bonds is 4. The number of nitrogens with zero attached hydrogens (tertiary/aromatic N) is 2. The van der Waals surface area contributed by atoms with E-state index >= 15 is 0 Å². The smallest absolute Gasteiger partial charge is 0.256 e. The fraction of sp³-hybridized carbons (Fsp3) is 0.318. The SMILES string of the molecule is O=C(Nc1ccc(Cl)cc1C(=O)N1CCCC1)C1CCN(c2cccc(Br)c2)C1=O. The van der Waals surface area contributed by atoms with Crippen molar-refractivity contribution in [3.8, 4) is 0 Å². The van der Waals surface area contributed by atoms with Gasteiger partial charge in [0.1, 0.15) is 5.92 Å². The summed E-state index contributed by atoms with van der Waals surface area (Å²) in [4.78, 5) is 42.1. The molecule has 8 heteroatoms. The van der Waals surface area contributed by atoms with Crippen LogP contribution in [0.4, 0.5) is 11.4 Å². The van der Waals surface area contributed by atoms with Crippen LogP contribution in [-0.4, -0.2) is 42.3 Å². The molecule has 1 unspecified atom stereocenters. The third-order valence-corrected chi connectivity index (χ3v) is 6.23. The lowest BCUT2D eigenvalue weighted by molar-refractivity contribution is -0.129. The Kier molecular flexibility index (Phi) is 6.11. The Balaban J connectivity index is 1.52. The van der Waals surface area contributed by atoms with E-state index in [0.717, 1.165) is 23.0 Å². The first-order valence-corrected chi connectivity index (χ1v) is 11.1. The molecule has 3 amide bonds. The van der Waals surface area contributed by atoms with Crippen molar-refractivity contribution in [1.82, 2.24) is 4.90 Å². The minimum atomic E-state index is -0.797. The maximum atomic E-state index is 12.9. The predicted octanol–water partition coefficient (Wildman–Crippen LogP) is 4.33. The van der Waals surface area contributed by atoms with E-state index in [9.17, 15) is 14.4 Å². The van der Waals surface area contributed by atoms with Gasteiger partial charge in [-0.05, 0) is 55.7 Å². The Hall–Kier alpha value is -2.38. The van der Waals surface area contributed by atoms with Gasteiger partial charge in [-0.3, -0.25) is 14.4 Å². The molecule has 2 aliphatic heterocycles. The van der Waals surface area contributed by atoms with Gasteiger partial charge in [-0.15, -0.1) is 0 Å². The summed E-state index contributed by atoms with van der Waals surface area (Å²) in [6.07, 6.45) is 2.35. The van der Waals surface area contributed by atoms with Crippen LogP contribution in [0, 0.1) is 5.92 Å². The first-order chi connectivity index (χ1) is 14.4. The van der Waals surface area contributed by atoms with E-state index < -0.39 is 11.8 Å². The number of halogens is 2. The van der Waals surface area contributed by atoms with Gasteiger partial charge in [-0.1, -0.05) is 33.6 Å². The molecule has 4 rings (SSSR count). The van der Waals surface area contributed by atoms with Gasteiger partial charge in [-0.2, -0.15) is 0 Å². The van der Waals surface area contributed by atoms with E-state index in [0.29, 0.717) is 42.3 Å². The Labute approximate surface area is 188 Å². The Morgan fingerprint density at radius 3 is 2.57 bits per heavy atom. The van der Waals surface area contributed by atoms with Crippen molar-refractivity contribution in [2.24, 2.45) is 5.92 Å². The van der Waals surface area contributed by atoms with Crippen molar-refractivity contribution in [3.63, 3.8) is 0 Å². The van der Waals surface area contributed by atoms with E-state index in [1.54, 1.807) is 28.0 Å². The molecule has 0 aromatic heterocycles. The van der Waals surface area contributed by atoms with Gasteiger partial charge >= 0.3 is 0 Å². The summed E-state index contributed by atoms with van der Waals surface area (Å²) < 4.78 is 0.868. The first-order valence-electron chi connectivity index (χ1n) is 9.90. The van der Waals surface area contributed by atoms with Crippen LogP contribution in [0.3, 0.4) is 0 Å². The van der Waals surface area contributed by atoms with E-state index in [-0.39, 0.29) is 11.8 Å². The quantitative estimate of drug-likeness (QED) is 0.649.